The number of aromatic amines is 1. The van der Waals surface area contributed by atoms with Crippen LogP contribution in [0.4, 0.5) is 0 Å². The number of nitrogens with zero attached hydrogens (tertiary/aromatic N) is 2. The van der Waals surface area contributed by atoms with Crippen molar-refractivity contribution in [2.75, 3.05) is 6.54 Å². The van der Waals surface area contributed by atoms with E-state index in [0.717, 1.165) is 47.2 Å². The molecule has 4 nitrogen and oxygen atoms in total. The van der Waals surface area contributed by atoms with E-state index in [1.807, 2.05) is 42.2 Å². The summed E-state index contributed by atoms with van der Waals surface area (Å²) < 4.78 is 0.845. The number of carbonyl (C=O) groups is 1. The molecule has 1 aromatic carbocycles. The van der Waals surface area contributed by atoms with Crippen molar-refractivity contribution < 1.29 is 4.79 Å². The molecule has 0 saturated carbocycles. The maximum atomic E-state index is 12.9. The summed E-state index contributed by atoms with van der Waals surface area (Å²) in [4.78, 5) is 14.8. The smallest absolute Gasteiger partial charge is 0.255 e. The predicted molar refractivity (Wildman–Crippen MR) is 85.1 cm³/mol. The van der Waals surface area contributed by atoms with Crippen LogP contribution >= 0.6 is 15.9 Å². The van der Waals surface area contributed by atoms with E-state index in [1.54, 1.807) is 0 Å². The van der Waals surface area contributed by atoms with Gasteiger partial charge in [-0.25, -0.2) is 0 Å². The van der Waals surface area contributed by atoms with Crippen molar-refractivity contribution in [3.05, 3.63) is 51.8 Å². The number of aryl methyl sites for hydroxylation is 1. The van der Waals surface area contributed by atoms with E-state index in [9.17, 15) is 4.79 Å². The molecule has 0 aliphatic carbocycles. The Labute approximate surface area is 132 Å². The summed E-state index contributed by atoms with van der Waals surface area (Å²) in [6, 6.07) is 9.71. The van der Waals surface area contributed by atoms with Crippen molar-refractivity contribution in [2.24, 2.45) is 0 Å². The van der Waals surface area contributed by atoms with Gasteiger partial charge in [0.1, 0.15) is 0 Å². The van der Waals surface area contributed by atoms with Gasteiger partial charge in [-0.05, 0) is 60.3 Å². The molecule has 0 spiro atoms. The molecule has 1 N–H and O–H groups in total. The van der Waals surface area contributed by atoms with Gasteiger partial charge in [-0.1, -0.05) is 12.1 Å². The molecule has 1 atom stereocenters. The van der Waals surface area contributed by atoms with Crippen molar-refractivity contribution in [3.8, 4) is 0 Å². The fourth-order valence-electron chi connectivity index (χ4n) is 2.88. The summed E-state index contributed by atoms with van der Waals surface area (Å²) in [6.45, 7) is 2.77. The minimum absolute atomic E-state index is 0.0725. The number of benzene rings is 1. The summed E-state index contributed by atoms with van der Waals surface area (Å²) in [5.41, 5.74) is 2.72. The number of hydrogen-bond acceptors (Lipinski definition) is 2. The minimum Gasteiger partial charge on any atom is -0.330 e. The number of likely N-dealkylation sites (tertiary alicyclic amines) is 1. The van der Waals surface area contributed by atoms with Crippen molar-refractivity contribution in [3.63, 3.8) is 0 Å². The summed E-state index contributed by atoms with van der Waals surface area (Å²) in [5, 5.41) is 7.34. The number of amides is 1. The minimum atomic E-state index is 0.0725. The highest BCUT2D eigenvalue weighted by Gasteiger charge is 2.30. The average molecular weight is 348 g/mol. The fourth-order valence-corrected chi connectivity index (χ4v) is 3.34. The number of nitrogens with one attached hydrogen (secondary N) is 1. The zero-order valence-corrected chi connectivity index (χ0v) is 13.6. The van der Waals surface area contributed by atoms with Gasteiger partial charge in [-0.15, -0.1) is 0 Å². The molecule has 21 heavy (non-hydrogen) atoms. The van der Waals surface area contributed by atoms with Crippen LogP contribution in [0.25, 0.3) is 0 Å². The molecule has 1 fully saturated rings. The number of H-pyrrole nitrogens is 1. The quantitative estimate of drug-likeness (QED) is 0.896. The molecule has 2 aromatic rings. The number of halogens is 1. The monoisotopic (exact) mass is 347 g/mol. The second kappa shape index (κ2) is 6.02. The van der Waals surface area contributed by atoms with Gasteiger partial charge in [0, 0.05) is 16.7 Å². The Kier molecular flexibility index (Phi) is 4.10. The van der Waals surface area contributed by atoms with Crippen LogP contribution in [0.15, 0.2) is 34.8 Å². The molecular formula is C16H18BrN3O. The molecule has 1 aliphatic heterocycles. The maximum Gasteiger partial charge on any atom is 0.255 e. The van der Waals surface area contributed by atoms with Gasteiger partial charge in [0.25, 0.3) is 5.91 Å². The van der Waals surface area contributed by atoms with Gasteiger partial charge in [0.05, 0.1) is 17.3 Å². The van der Waals surface area contributed by atoms with Crippen LogP contribution in [-0.2, 0) is 0 Å². The highest BCUT2D eigenvalue weighted by Crippen LogP contribution is 2.32. The normalized spacial score (nSPS) is 18.8. The fraction of sp³-hybridized carbons (Fsp3) is 0.375. The largest absolute Gasteiger partial charge is 0.330 e. The Bertz CT molecular complexity index is 652. The van der Waals surface area contributed by atoms with Gasteiger partial charge in [-0.2, -0.15) is 5.10 Å². The Morgan fingerprint density at radius 2 is 2.19 bits per heavy atom. The standard InChI is InChI=1S/C16H18BrN3O/c1-11-10-14(19-18-11)15-8-4-5-9-20(15)16(21)12-6-2-3-7-13(12)17/h2-3,6-7,10,15H,4-5,8-9H2,1H3,(H,18,19). The first-order chi connectivity index (χ1) is 10.2. The van der Waals surface area contributed by atoms with Gasteiger partial charge in [0.15, 0.2) is 0 Å². The highest BCUT2D eigenvalue weighted by atomic mass is 79.9. The molecule has 1 amide bonds. The summed E-state index contributed by atoms with van der Waals surface area (Å²) >= 11 is 3.47. The SMILES string of the molecule is Cc1cc(C2CCCCN2C(=O)c2ccccc2Br)n[nH]1. The third-order valence-electron chi connectivity index (χ3n) is 3.94. The summed E-state index contributed by atoms with van der Waals surface area (Å²) in [6.07, 6.45) is 3.16. The van der Waals surface area contributed by atoms with Gasteiger partial charge in [0.2, 0.25) is 0 Å². The maximum absolute atomic E-state index is 12.9. The average Bonchev–Trinajstić information content (AvgIpc) is 2.93. The van der Waals surface area contributed by atoms with Crippen LogP contribution < -0.4 is 0 Å². The van der Waals surface area contributed by atoms with Crippen molar-refractivity contribution >= 4 is 21.8 Å². The molecular weight excluding hydrogens is 330 g/mol. The zero-order valence-electron chi connectivity index (χ0n) is 12.0. The van der Waals surface area contributed by atoms with Gasteiger partial charge < -0.3 is 4.90 Å². The van der Waals surface area contributed by atoms with Crippen LogP contribution in [0.2, 0.25) is 0 Å². The van der Waals surface area contributed by atoms with Crippen molar-refractivity contribution in [2.45, 2.75) is 32.2 Å². The van der Waals surface area contributed by atoms with E-state index < -0.39 is 0 Å². The third kappa shape index (κ3) is 2.88. The van der Waals surface area contributed by atoms with E-state index in [2.05, 4.69) is 26.1 Å². The Morgan fingerprint density at radius 1 is 1.38 bits per heavy atom. The van der Waals surface area contributed by atoms with Crippen LogP contribution in [0.3, 0.4) is 0 Å². The van der Waals surface area contributed by atoms with Crippen LogP contribution in [0.1, 0.15) is 47.1 Å². The molecule has 5 heteroatoms. The molecule has 1 saturated heterocycles. The van der Waals surface area contributed by atoms with E-state index in [-0.39, 0.29) is 11.9 Å². The molecule has 1 aromatic heterocycles. The van der Waals surface area contributed by atoms with E-state index in [1.165, 1.54) is 0 Å². The highest BCUT2D eigenvalue weighted by molar-refractivity contribution is 9.10. The first-order valence-corrected chi connectivity index (χ1v) is 8.03. The lowest BCUT2D eigenvalue weighted by Crippen LogP contribution is -2.38. The second-order valence-corrected chi connectivity index (χ2v) is 6.32. The molecule has 0 radical (unpaired) electrons. The van der Waals surface area contributed by atoms with Gasteiger partial charge >= 0.3 is 0 Å². The topological polar surface area (TPSA) is 49.0 Å². The van der Waals surface area contributed by atoms with E-state index in [4.69, 9.17) is 0 Å². The first kappa shape index (κ1) is 14.3. The Hall–Kier alpha value is -1.62. The number of aromatic nitrogens is 2. The van der Waals surface area contributed by atoms with Crippen molar-refractivity contribution in [1.82, 2.24) is 15.1 Å². The number of carbonyl (C=O) groups excluding carboxylic acids is 1. The first-order valence-electron chi connectivity index (χ1n) is 7.24. The van der Waals surface area contributed by atoms with Crippen molar-refractivity contribution in [1.29, 1.82) is 0 Å². The summed E-state index contributed by atoms with van der Waals surface area (Å²) in [7, 11) is 0. The molecule has 2 heterocycles. The predicted octanol–water partition coefficient (Wildman–Crippen LogP) is 3.85. The second-order valence-electron chi connectivity index (χ2n) is 5.47. The third-order valence-corrected chi connectivity index (χ3v) is 4.63. The molecule has 1 unspecified atom stereocenters. The lowest BCUT2D eigenvalue weighted by Gasteiger charge is -2.35. The molecule has 110 valence electrons. The lowest BCUT2D eigenvalue weighted by molar-refractivity contribution is 0.0605. The Balaban J connectivity index is 1.91. The van der Waals surface area contributed by atoms with Gasteiger partial charge in [-0.3, -0.25) is 9.89 Å². The summed E-state index contributed by atoms with van der Waals surface area (Å²) in [5.74, 6) is 0.0767. The molecule has 0 bridgehead atoms. The van der Waals surface area contributed by atoms with Crippen LogP contribution in [0.5, 0.6) is 0 Å². The lowest BCUT2D eigenvalue weighted by atomic mass is 9.98. The zero-order chi connectivity index (χ0) is 14.8. The molecule has 3 rings (SSSR count). The Morgan fingerprint density at radius 3 is 2.90 bits per heavy atom. The van der Waals surface area contributed by atoms with Crippen LogP contribution in [-0.4, -0.2) is 27.5 Å². The molecule has 1 aliphatic rings. The number of rotatable bonds is 2. The van der Waals surface area contributed by atoms with Crippen LogP contribution in [0, 0.1) is 6.92 Å². The van der Waals surface area contributed by atoms with E-state index in [0.29, 0.717) is 0 Å². The number of piperidine rings is 1. The van der Waals surface area contributed by atoms with E-state index >= 15 is 0 Å². The number of hydrogen-bond donors (Lipinski definition) is 1.